The topological polar surface area (TPSA) is 32.3 Å². The van der Waals surface area contributed by atoms with E-state index in [2.05, 4.69) is 33.0 Å². The lowest BCUT2D eigenvalue weighted by Crippen LogP contribution is -2.46. The van der Waals surface area contributed by atoms with Crippen LogP contribution in [0.15, 0.2) is 0 Å². The molecule has 0 saturated carbocycles. The number of amides is 1. The van der Waals surface area contributed by atoms with E-state index in [1.54, 1.807) is 0 Å². The predicted octanol–water partition coefficient (Wildman–Crippen LogP) is 2.27. The van der Waals surface area contributed by atoms with Crippen LogP contribution in [0.25, 0.3) is 0 Å². The van der Waals surface area contributed by atoms with Crippen LogP contribution in [0.4, 0.5) is 0 Å². The third-order valence-electron chi connectivity index (χ3n) is 3.48. The molecule has 1 aliphatic heterocycles. The molecule has 0 aromatic heterocycles. The maximum Gasteiger partial charge on any atom is 0.229 e. The average Bonchev–Trinajstić information content (AvgIpc) is 2.64. The molecule has 17 heavy (non-hydrogen) atoms. The van der Waals surface area contributed by atoms with Crippen LogP contribution in [0.1, 0.15) is 47.0 Å². The van der Waals surface area contributed by atoms with Crippen molar-refractivity contribution >= 4 is 5.91 Å². The molecule has 0 radical (unpaired) electrons. The molecule has 1 saturated heterocycles. The van der Waals surface area contributed by atoms with Gasteiger partial charge in [-0.05, 0) is 24.8 Å². The number of carbonyl (C=O) groups excluding carboxylic acids is 1. The van der Waals surface area contributed by atoms with Crippen LogP contribution in [-0.4, -0.2) is 37.5 Å². The Kier molecular flexibility index (Phi) is 4.59. The normalized spacial score (nSPS) is 25.0. The molecular formula is C14H28N2O. The van der Waals surface area contributed by atoms with Crippen LogP contribution in [0, 0.1) is 10.8 Å². The smallest absolute Gasteiger partial charge is 0.229 e. The van der Waals surface area contributed by atoms with E-state index in [9.17, 15) is 4.79 Å². The Bertz CT molecular complexity index is 262. The van der Waals surface area contributed by atoms with Gasteiger partial charge in [0.1, 0.15) is 0 Å². The van der Waals surface area contributed by atoms with Crippen molar-refractivity contribution < 1.29 is 4.79 Å². The Morgan fingerprint density at radius 2 is 2.06 bits per heavy atom. The van der Waals surface area contributed by atoms with Gasteiger partial charge in [-0.15, -0.1) is 0 Å². The van der Waals surface area contributed by atoms with Gasteiger partial charge in [-0.3, -0.25) is 4.79 Å². The second-order valence-corrected chi connectivity index (χ2v) is 6.68. The number of hydrogen-bond acceptors (Lipinski definition) is 2. The van der Waals surface area contributed by atoms with Crippen molar-refractivity contribution in [2.24, 2.45) is 10.8 Å². The van der Waals surface area contributed by atoms with Crippen LogP contribution in [-0.2, 0) is 4.79 Å². The van der Waals surface area contributed by atoms with Gasteiger partial charge in [-0.25, -0.2) is 0 Å². The number of rotatable bonds is 4. The van der Waals surface area contributed by atoms with Crippen molar-refractivity contribution in [3.8, 4) is 0 Å². The van der Waals surface area contributed by atoms with Crippen molar-refractivity contribution in [2.45, 2.75) is 47.0 Å². The molecule has 3 heteroatoms. The summed E-state index contributed by atoms with van der Waals surface area (Å²) in [5.74, 6) is 0.333. The van der Waals surface area contributed by atoms with Crippen molar-refractivity contribution in [3.05, 3.63) is 0 Å². The van der Waals surface area contributed by atoms with Gasteiger partial charge < -0.3 is 10.2 Å². The van der Waals surface area contributed by atoms with Gasteiger partial charge in [-0.1, -0.05) is 34.1 Å². The van der Waals surface area contributed by atoms with E-state index in [1.807, 2.05) is 11.9 Å². The SMILES string of the molecule is CCCC1(C(=O)N(C)CC(C)(C)C)CCNC1. The second kappa shape index (κ2) is 5.38. The van der Waals surface area contributed by atoms with Gasteiger partial charge in [0, 0.05) is 20.1 Å². The molecule has 0 aliphatic carbocycles. The molecule has 0 aromatic carbocycles. The van der Waals surface area contributed by atoms with E-state index in [4.69, 9.17) is 0 Å². The van der Waals surface area contributed by atoms with E-state index in [-0.39, 0.29) is 10.8 Å². The van der Waals surface area contributed by atoms with Gasteiger partial charge >= 0.3 is 0 Å². The fourth-order valence-electron chi connectivity index (χ4n) is 2.91. The molecule has 0 bridgehead atoms. The Balaban J connectivity index is 2.71. The van der Waals surface area contributed by atoms with Crippen LogP contribution < -0.4 is 5.32 Å². The van der Waals surface area contributed by atoms with E-state index in [0.29, 0.717) is 5.91 Å². The largest absolute Gasteiger partial charge is 0.345 e. The van der Waals surface area contributed by atoms with Gasteiger partial charge in [0.05, 0.1) is 5.41 Å². The Morgan fingerprint density at radius 3 is 2.47 bits per heavy atom. The first-order chi connectivity index (χ1) is 7.81. The molecule has 1 rings (SSSR count). The molecule has 0 spiro atoms. The third kappa shape index (κ3) is 3.70. The highest BCUT2D eigenvalue weighted by molar-refractivity contribution is 5.83. The van der Waals surface area contributed by atoms with Crippen LogP contribution in [0.5, 0.6) is 0 Å². The summed E-state index contributed by atoms with van der Waals surface area (Å²) < 4.78 is 0. The zero-order valence-electron chi connectivity index (χ0n) is 12.1. The summed E-state index contributed by atoms with van der Waals surface area (Å²) >= 11 is 0. The molecule has 1 unspecified atom stereocenters. The lowest BCUT2D eigenvalue weighted by molar-refractivity contribution is -0.141. The molecular weight excluding hydrogens is 212 g/mol. The molecule has 100 valence electrons. The monoisotopic (exact) mass is 240 g/mol. The van der Waals surface area contributed by atoms with Crippen molar-refractivity contribution in [2.75, 3.05) is 26.7 Å². The van der Waals surface area contributed by atoms with Gasteiger partial charge in [0.2, 0.25) is 5.91 Å². The summed E-state index contributed by atoms with van der Waals surface area (Å²) in [6.07, 6.45) is 3.08. The van der Waals surface area contributed by atoms with Gasteiger partial charge in [0.15, 0.2) is 0 Å². The first-order valence-electron chi connectivity index (χ1n) is 6.77. The number of nitrogens with zero attached hydrogens (tertiary/aromatic N) is 1. The predicted molar refractivity (Wildman–Crippen MR) is 71.9 cm³/mol. The molecule has 0 aromatic rings. The van der Waals surface area contributed by atoms with E-state index in [0.717, 1.165) is 38.9 Å². The van der Waals surface area contributed by atoms with Gasteiger partial charge in [-0.2, -0.15) is 0 Å². The quantitative estimate of drug-likeness (QED) is 0.817. The Morgan fingerprint density at radius 1 is 1.41 bits per heavy atom. The summed E-state index contributed by atoms with van der Waals surface area (Å²) in [6, 6.07) is 0. The van der Waals surface area contributed by atoms with Gasteiger partial charge in [0.25, 0.3) is 0 Å². The summed E-state index contributed by atoms with van der Waals surface area (Å²) in [5, 5.41) is 3.35. The minimum atomic E-state index is -0.130. The van der Waals surface area contributed by atoms with E-state index < -0.39 is 0 Å². The average molecular weight is 240 g/mol. The fourth-order valence-corrected chi connectivity index (χ4v) is 2.91. The van der Waals surface area contributed by atoms with Crippen molar-refractivity contribution in [3.63, 3.8) is 0 Å². The first kappa shape index (κ1) is 14.5. The number of carbonyl (C=O) groups is 1. The maximum atomic E-state index is 12.6. The molecule has 1 heterocycles. The van der Waals surface area contributed by atoms with Crippen molar-refractivity contribution in [1.29, 1.82) is 0 Å². The Hall–Kier alpha value is -0.570. The van der Waals surface area contributed by atoms with Crippen LogP contribution in [0.3, 0.4) is 0 Å². The first-order valence-corrected chi connectivity index (χ1v) is 6.77. The fraction of sp³-hybridized carbons (Fsp3) is 0.929. The molecule has 1 atom stereocenters. The zero-order valence-corrected chi connectivity index (χ0v) is 12.1. The highest BCUT2D eigenvalue weighted by Crippen LogP contribution is 2.33. The Labute approximate surface area is 106 Å². The summed E-state index contributed by atoms with van der Waals surface area (Å²) in [5.41, 5.74) is 0.0403. The summed E-state index contributed by atoms with van der Waals surface area (Å²) in [7, 11) is 1.95. The minimum Gasteiger partial charge on any atom is -0.345 e. The molecule has 1 N–H and O–H groups in total. The summed E-state index contributed by atoms with van der Waals surface area (Å²) in [6.45, 7) is 11.4. The van der Waals surface area contributed by atoms with E-state index in [1.165, 1.54) is 0 Å². The van der Waals surface area contributed by atoms with Crippen LogP contribution in [0.2, 0.25) is 0 Å². The standard InChI is InChI=1S/C14H28N2O/c1-6-7-14(8-9-15-10-14)12(17)16(5)11-13(2,3)4/h15H,6-11H2,1-5H3. The molecule has 1 amide bonds. The van der Waals surface area contributed by atoms with Crippen molar-refractivity contribution in [1.82, 2.24) is 10.2 Å². The molecule has 1 aliphatic rings. The van der Waals surface area contributed by atoms with E-state index >= 15 is 0 Å². The minimum absolute atomic E-state index is 0.130. The lowest BCUT2D eigenvalue weighted by atomic mass is 9.80. The third-order valence-corrected chi connectivity index (χ3v) is 3.48. The number of hydrogen-bond donors (Lipinski definition) is 1. The molecule has 3 nitrogen and oxygen atoms in total. The second-order valence-electron chi connectivity index (χ2n) is 6.68. The van der Waals surface area contributed by atoms with Crippen LogP contribution >= 0.6 is 0 Å². The number of nitrogens with one attached hydrogen (secondary N) is 1. The highest BCUT2D eigenvalue weighted by Gasteiger charge is 2.42. The zero-order chi connectivity index (χ0) is 13.1. The highest BCUT2D eigenvalue weighted by atomic mass is 16.2. The lowest BCUT2D eigenvalue weighted by Gasteiger charge is -2.35. The molecule has 1 fully saturated rings. The summed E-state index contributed by atoms with van der Waals surface area (Å²) in [4.78, 5) is 14.6. The maximum absolute atomic E-state index is 12.6.